The Bertz CT molecular complexity index is 488. The molecule has 5 nitrogen and oxygen atoms in total. The van der Waals surface area contributed by atoms with Gasteiger partial charge in [0.1, 0.15) is 17.5 Å². The molecule has 0 spiro atoms. The number of nitrogens with zero attached hydrogens (tertiary/aromatic N) is 1. The summed E-state index contributed by atoms with van der Waals surface area (Å²) >= 11 is 1.55. The number of carboxylic acids is 1. The number of fused-ring (bicyclic) bond motifs is 1. The van der Waals surface area contributed by atoms with E-state index >= 15 is 0 Å². The van der Waals surface area contributed by atoms with Gasteiger partial charge in [0.15, 0.2) is 0 Å². The average Bonchev–Trinajstić information content (AvgIpc) is 2.29. The van der Waals surface area contributed by atoms with Gasteiger partial charge in [0.25, 0.3) is 0 Å². The van der Waals surface area contributed by atoms with E-state index in [4.69, 9.17) is 10.8 Å². The minimum atomic E-state index is -1.05. The van der Waals surface area contributed by atoms with Crippen molar-refractivity contribution in [1.29, 1.82) is 0 Å². The number of hydrogen-bond donors (Lipinski definition) is 3. The smallest absolute Gasteiger partial charge is 0.320 e. The molecule has 1 aromatic rings. The lowest BCUT2D eigenvalue weighted by Gasteiger charge is -2.14. The van der Waals surface area contributed by atoms with Crippen molar-refractivity contribution in [2.45, 2.75) is 17.4 Å². The number of carboxylic acid groups (broad SMARTS) is 1. The fourth-order valence-electron chi connectivity index (χ4n) is 1.60. The Hall–Kier alpha value is -1.53. The van der Waals surface area contributed by atoms with Crippen molar-refractivity contribution in [3.63, 3.8) is 0 Å². The minimum absolute atomic E-state index is 0.0681. The van der Waals surface area contributed by atoms with Gasteiger partial charge in [-0.15, -0.1) is 11.8 Å². The SMILES string of the molecule is NC(Cc1cc(O)c2c(c1)SCC=N2)C(=O)O. The largest absolute Gasteiger partial charge is 0.506 e. The molecule has 0 saturated heterocycles. The van der Waals surface area contributed by atoms with Gasteiger partial charge in [0.05, 0.1) is 0 Å². The molecule has 1 aromatic carbocycles. The quantitative estimate of drug-likeness (QED) is 0.750. The average molecular weight is 252 g/mol. The topological polar surface area (TPSA) is 95.9 Å². The van der Waals surface area contributed by atoms with Gasteiger partial charge in [-0.2, -0.15) is 0 Å². The van der Waals surface area contributed by atoms with Gasteiger partial charge in [-0.3, -0.25) is 9.79 Å². The number of phenolic OH excluding ortho intramolecular Hbond substituents is 1. The van der Waals surface area contributed by atoms with Crippen molar-refractivity contribution in [2.24, 2.45) is 10.7 Å². The minimum Gasteiger partial charge on any atom is -0.506 e. The Labute approximate surface area is 102 Å². The standard InChI is InChI=1S/C11H12N2O3S/c12-7(11(15)16)3-6-4-8(14)10-9(5-6)17-2-1-13-10/h1,4-5,7,14H,2-3,12H2,(H,15,16). The highest BCUT2D eigenvalue weighted by atomic mass is 32.2. The normalized spacial score (nSPS) is 15.4. The summed E-state index contributed by atoms with van der Waals surface area (Å²) in [5, 5.41) is 18.5. The number of hydrogen-bond acceptors (Lipinski definition) is 5. The van der Waals surface area contributed by atoms with Gasteiger partial charge >= 0.3 is 5.97 Å². The summed E-state index contributed by atoms with van der Waals surface area (Å²) in [6, 6.07) is 2.40. The third kappa shape index (κ3) is 2.59. The predicted octanol–water partition coefficient (Wildman–Crippen LogP) is 1.15. The first kappa shape index (κ1) is 11.9. The number of rotatable bonds is 3. The van der Waals surface area contributed by atoms with Crippen molar-refractivity contribution in [3.8, 4) is 5.75 Å². The summed E-state index contributed by atoms with van der Waals surface area (Å²) < 4.78 is 0. The molecule has 1 aliphatic heterocycles. The number of nitrogens with two attached hydrogens (primary N) is 1. The van der Waals surface area contributed by atoms with E-state index in [1.807, 2.05) is 6.07 Å². The van der Waals surface area contributed by atoms with Crippen molar-refractivity contribution >= 4 is 29.6 Å². The first-order chi connectivity index (χ1) is 8.08. The fraction of sp³-hybridized carbons (Fsp3) is 0.273. The predicted molar refractivity (Wildman–Crippen MR) is 66.3 cm³/mol. The van der Waals surface area contributed by atoms with Crippen LogP contribution >= 0.6 is 11.8 Å². The molecule has 0 amide bonds. The molecule has 4 N–H and O–H groups in total. The van der Waals surface area contributed by atoms with E-state index in [0.717, 1.165) is 10.6 Å². The van der Waals surface area contributed by atoms with Gasteiger partial charge in [0, 0.05) is 16.9 Å². The maximum Gasteiger partial charge on any atom is 0.320 e. The number of benzene rings is 1. The zero-order valence-electron chi connectivity index (χ0n) is 8.96. The van der Waals surface area contributed by atoms with Gasteiger partial charge in [0.2, 0.25) is 0 Å². The highest BCUT2D eigenvalue weighted by Gasteiger charge is 2.16. The van der Waals surface area contributed by atoms with Gasteiger partial charge < -0.3 is 15.9 Å². The van der Waals surface area contributed by atoms with Crippen LogP contribution in [-0.2, 0) is 11.2 Å². The lowest BCUT2D eigenvalue weighted by atomic mass is 10.1. The van der Waals surface area contributed by atoms with Gasteiger partial charge in [-0.05, 0) is 24.1 Å². The lowest BCUT2D eigenvalue weighted by Crippen LogP contribution is -2.32. The van der Waals surface area contributed by atoms with Crippen LogP contribution in [0.15, 0.2) is 22.0 Å². The van der Waals surface area contributed by atoms with Crippen molar-refractivity contribution in [1.82, 2.24) is 0 Å². The Balaban J connectivity index is 2.29. The van der Waals surface area contributed by atoms with E-state index in [1.54, 1.807) is 18.0 Å². The summed E-state index contributed by atoms with van der Waals surface area (Å²) in [4.78, 5) is 15.6. The molecule has 1 unspecified atom stereocenters. The van der Waals surface area contributed by atoms with Crippen molar-refractivity contribution in [3.05, 3.63) is 17.7 Å². The van der Waals surface area contributed by atoms with E-state index in [9.17, 15) is 9.90 Å². The molecule has 0 fully saturated rings. The highest BCUT2D eigenvalue weighted by molar-refractivity contribution is 8.00. The third-order valence-electron chi connectivity index (χ3n) is 2.42. The van der Waals surface area contributed by atoms with E-state index in [2.05, 4.69) is 4.99 Å². The number of aliphatic imine (C=N–C) groups is 1. The molecule has 0 aromatic heterocycles. The summed E-state index contributed by atoms with van der Waals surface area (Å²) in [6.07, 6.45) is 1.93. The molecule has 17 heavy (non-hydrogen) atoms. The molecular formula is C11H12N2O3S. The zero-order valence-corrected chi connectivity index (χ0v) is 9.78. The van der Waals surface area contributed by atoms with Gasteiger partial charge in [-0.25, -0.2) is 0 Å². The van der Waals surface area contributed by atoms with Crippen LogP contribution in [0, 0.1) is 0 Å². The molecule has 2 rings (SSSR count). The van der Waals surface area contributed by atoms with E-state index in [1.165, 1.54) is 6.07 Å². The van der Waals surface area contributed by atoms with Crippen LogP contribution < -0.4 is 5.73 Å². The molecule has 6 heteroatoms. The Morgan fingerprint density at radius 2 is 2.35 bits per heavy atom. The van der Waals surface area contributed by atoms with Gasteiger partial charge in [-0.1, -0.05) is 0 Å². The lowest BCUT2D eigenvalue weighted by molar-refractivity contribution is -0.138. The molecular weight excluding hydrogens is 240 g/mol. The van der Waals surface area contributed by atoms with Crippen LogP contribution in [0.4, 0.5) is 5.69 Å². The Kier molecular flexibility index (Phi) is 3.35. The van der Waals surface area contributed by atoms with Crippen LogP contribution in [0.25, 0.3) is 0 Å². The molecule has 0 saturated carbocycles. The number of thioether (sulfide) groups is 1. The van der Waals surface area contributed by atoms with E-state index in [-0.39, 0.29) is 12.2 Å². The second-order valence-corrected chi connectivity index (χ2v) is 4.80. The molecule has 0 radical (unpaired) electrons. The summed E-state index contributed by atoms with van der Waals surface area (Å²) in [7, 11) is 0. The van der Waals surface area contributed by atoms with Crippen molar-refractivity contribution < 1.29 is 15.0 Å². The maximum absolute atomic E-state index is 10.7. The van der Waals surface area contributed by atoms with Crippen LogP contribution in [0.3, 0.4) is 0 Å². The molecule has 1 aliphatic rings. The Morgan fingerprint density at radius 1 is 1.59 bits per heavy atom. The number of aromatic hydroxyl groups is 1. The van der Waals surface area contributed by atoms with Crippen molar-refractivity contribution in [2.75, 3.05) is 5.75 Å². The molecule has 1 atom stereocenters. The number of phenols is 1. The maximum atomic E-state index is 10.7. The first-order valence-electron chi connectivity index (χ1n) is 5.07. The second kappa shape index (κ2) is 4.77. The summed E-state index contributed by atoms with van der Waals surface area (Å²) in [5.74, 6) is -0.229. The Morgan fingerprint density at radius 3 is 3.06 bits per heavy atom. The van der Waals surface area contributed by atoms with Crippen LogP contribution in [0.1, 0.15) is 5.56 Å². The van der Waals surface area contributed by atoms with Crippen LogP contribution in [0.2, 0.25) is 0 Å². The number of aliphatic carboxylic acids is 1. The monoisotopic (exact) mass is 252 g/mol. The molecule has 90 valence electrons. The molecule has 0 aliphatic carbocycles. The zero-order chi connectivity index (χ0) is 12.4. The second-order valence-electron chi connectivity index (χ2n) is 3.73. The summed E-state index contributed by atoms with van der Waals surface area (Å²) in [6.45, 7) is 0. The van der Waals surface area contributed by atoms with E-state index < -0.39 is 12.0 Å². The summed E-state index contributed by atoms with van der Waals surface area (Å²) in [5.41, 5.74) is 6.72. The first-order valence-corrected chi connectivity index (χ1v) is 6.06. The van der Waals surface area contributed by atoms with Crippen LogP contribution in [-0.4, -0.2) is 34.2 Å². The number of carbonyl (C=O) groups is 1. The third-order valence-corrected chi connectivity index (χ3v) is 3.36. The molecule has 1 heterocycles. The van der Waals surface area contributed by atoms with E-state index in [0.29, 0.717) is 11.3 Å². The highest BCUT2D eigenvalue weighted by Crippen LogP contribution is 2.40. The molecule has 0 bridgehead atoms. The fourth-order valence-corrected chi connectivity index (χ4v) is 2.46. The van der Waals surface area contributed by atoms with Crippen LogP contribution in [0.5, 0.6) is 5.75 Å².